The lowest BCUT2D eigenvalue weighted by Crippen LogP contribution is -2.10. The first-order valence-corrected chi connectivity index (χ1v) is 5.83. The Bertz CT molecular complexity index is 139. The molecule has 0 heterocycles. The molecule has 14 heavy (non-hydrogen) atoms. The highest BCUT2D eigenvalue weighted by Gasteiger charge is 2.09. The van der Waals surface area contributed by atoms with E-state index in [1.165, 1.54) is 0 Å². The number of ketones is 1. The highest BCUT2D eigenvalue weighted by Crippen LogP contribution is 2.13. The monoisotopic (exact) mass is 200 g/mol. The van der Waals surface area contributed by atoms with E-state index in [0.717, 1.165) is 32.3 Å². The van der Waals surface area contributed by atoms with Crippen LogP contribution in [0.25, 0.3) is 0 Å². The maximum atomic E-state index is 11.5. The van der Waals surface area contributed by atoms with Gasteiger partial charge in [-0.05, 0) is 12.3 Å². The van der Waals surface area contributed by atoms with Gasteiger partial charge in [-0.1, -0.05) is 33.6 Å². The molecule has 0 aliphatic heterocycles. The Morgan fingerprint density at radius 1 is 1.14 bits per heavy atom. The number of Topliss-reactive ketones (excluding diaryl/α,β-unsaturated/α-hetero) is 1. The van der Waals surface area contributed by atoms with E-state index >= 15 is 0 Å². The fraction of sp³-hybridized carbons (Fsp3) is 0.917. The summed E-state index contributed by atoms with van der Waals surface area (Å²) in [6, 6.07) is 0. The minimum Gasteiger partial charge on any atom is -0.381 e. The lowest BCUT2D eigenvalue weighted by molar-refractivity contribution is -0.121. The Hall–Kier alpha value is -0.370. The highest BCUT2D eigenvalue weighted by molar-refractivity contribution is 5.78. The summed E-state index contributed by atoms with van der Waals surface area (Å²) >= 11 is 0. The van der Waals surface area contributed by atoms with Crippen molar-refractivity contribution in [2.24, 2.45) is 5.92 Å². The van der Waals surface area contributed by atoms with Crippen molar-refractivity contribution >= 4 is 5.78 Å². The van der Waals surface area contributed by atoms with Gasteiger partial charge in [0.05, 0.1) is 6.61 Å². The second-order valence-electron chi connectivity index (χ2n) is 3.79. The molecular formula is C12H24O2. The van der Waals surface area contributed by atoms with Gasteiger partial charge in [0.15, 0.2) is 0 Å². The van der Waals surface area contributed by atoms with E-state index < -0.39 is 0 Å². The van der Waals surface area contributed by atoms with Crippen molar-refractivity contribution in [2.45, 2.75) is 52.9 Å². The van der Waals surface area contributed by atoms with Gasteiger partial charge in [-0.3, -0.25) is 4.79 Å². The smallest absolute Gasteiger partial charge is 0.135 e. The minimum atomic E-state index is 0.356. The van der Waals surface area contributed by atoms with Gasteiger partial charge >= 0.3 is 0 Å². The topological polar surface area (TPSA) is 26.3 Å². The van der Waals surface area contributed by atoms with Gasteiger partial charge in [0.2, 0.25) is 0 Å². The maximum Gasteiger partial charge on any atom is 0.135 e. The minimum absolute atomic E-state index is 0.356. The molecular weight excluding hydrogens is 176 g/mol. The molecule has 0 aromatic carbocycles. The normalized spacial score (nSPS) is 10.9. The zero-order valence-electron chi connectivity index (χ0n) is 9.84. The summed E-state index contributed by atoms with van der Waals surface area (Å²) in [4.78, 5) is 11.5. The van der Waals surface area contributed by atoms with E-state index in [2.05, 4.69) is 20.8 Å². The lowest BCUT2D eigenvalue weighted by atomic mass is 9.96. The molecule has 0 unspecified atom stereocenters. The summed E-state index contributed by atoms with van der Waals surface area (Å²) in [5.74, 6) is 0.934. The zero-order valence-corrected chi connectivity index (χ0v) is 9.84. The Morgan fingerprint density at radius 3 is 2.29 bits per heavy atom. The standard InChI is InChI=1S/C12H24O2/c1-4-8-14-9-7-12(13)10-11(5-2)6-3/h11H,4-10H2,1-3H3. The third-order valence-corrected chi connectivity index (χ3v) is 2.54. The molecule has 0 spiro atoms. The van der Waals surface area contributed by atoms with Gasteiger partial charge in [0, 0.05) is 19.4 Å². The van der Waals surface area contributed by atoms with Crippen molar-refractivity contribution in [1.82, 2.24) is 0 Å². The summed E-state index contributed by atoms with van der Waals surface area (Å²) in [6.45, 7) is 7.75. The van der Waals surface area contributed by atoms with Crippen LogP contribution in [0.4, 0.5) is 0 Å². The van der Waals surface area contributed by atoms with Crippen LogP contribution in [0.5, 0.6) is 0 Å². The fourth-order valence-electron chi connectivity index (χ4n) is 1.43. The molecule has 0 rings (SSSR count). The third kappa shape index (κ3) is 7.07. The molecule has 0 aliphatic rings. The number of ether oxygens (including phenoxy) is 1. The van der Waals surface area contributed by atoms with Crippen LogP contribution in [0.2, 0.25) is 0 Å². The van der Waals surface area contributed by atoms with Gasteiger partial charge in [0.1, 0.15) is 5.78 Å². The Balaban J connectivity index is 3.44. The van der Waals surface area contributed by atoms with Gasteiger partial charge in [-0.2, -0.15) is 0 Å². The van der Waals surface area contributed by atoms with E-state index in [1.54, 1.807) is 0 Å². The van der Waals surface area contributed by atoms with Crippen molar-refractivity contribution in [3.8, 4) is 0 Å². The quantitative estimate of drug-likeness (QED) is 0.534. The maximum absolute atomic E-state index is 11.5. The molecule has 0 radical (unpaired) electrons. The van der Waals surface area contributed by atoms with Gasteiger partial charge < -0.3 is 4.74 Å². The van der Waals surface area contributed by atoms with E-state index in [1.807, 2.05) is 0 Å². The summed E-state index contributed by atoms with van der Waals surface area (Å²) in [7, 11) is 0. The molecule has 0 saturated heterocycles. The lowest BCUT2D eigenvalue weighted by Gasteiger charge is -2.10. The van der Waals surface area contributed by atoms with Crippen LogP contribution < -0.4 is 0 Å². The molecule has 0 aliphatic carbocycles. The Labute approximate surface area is 88.0 Å². The average Bonchev–Trinajstić information content (AvgIpc) is 2.21. The Morgan fingerprint density at radius 2 is 1.79 bits per heavy atom. The molecule has 0 fully saturated rings. The van der Waals surface area contributed by atoms with E-state index in [9.17, 15) is 4.79 Å². The molecule has 0 aromatic rings. The molecule has 0 atom stereocenters. The second-order valence-corrected chi connectivity index (χ2v) is 3.79. The van der Waals surface area contributed by atoms with Crippen molar-refractivity contribution < 1.29 is 9.53 Å². The molecule has 0 amide bonds. The molecule has 0 aromatic heterocycles. The van der Waals surface area contributed by atoms with Crippen LogP contribution in [0.15, 0.2) is 0 Å². The molecule has 2 nitrogen and oxygen atoms in total. The zero-order chi connectivity index (χ0) is 10.8. The van der Waals surface area contributed by atoms with Gasteiger partial charge in [-0.25, -0.2) is 0 Å². The number of carbonyl (C=O) groups excluding carboxylic acids is 1. The molecule has 2 heteroatoms. The van der Waals surface area contributed by atoms with Gasteiger partial charge in [-0.15, -0.1) is 0 Å². The molecule has 0 N–H and O–H groups in total. The number of rotatable bonds is 9. The van der Waals surface area contributed by atoms with Gasteiger partial charge in [0.25, 0.3) is 0 Å². The van der Waals surface area contributed by atoms with Crippen molar-refractivity contribution in [1.29, 1.82) is 0 Å². The summed E-state index contributed by atoms with van der Waals surface area (Å²) in [5, 5.41) is 0. The van der Waals surface area contributed by atoms with E-state index in [0.29, 0.717) is 24.7 Å². The van der Waals surface area contributed by atoms with Crippen LogP contribution in [0.3, 0.4) is 0 Å². The number of hydrogen-bond donors (Lipinski definition) is 0. The third-order valence-electron chi connectivity index (χ3n) is 2.54. The van der Waals surface area contributed by atoms with Crippen LogP contribution in [0.1, 0.15) is 52.9 Å². The number of hydrogen-bond acceptors (Lipinski definition) is 2. The van der Waals surface area contributed by atoms with Crippen LogP contribution in [0, 0.1) is 5.92 Å². The fourth-order valence-corrected chi connectivity index (χ4v) is 1.43. The second kappa shape index (κ2) is 9.20. The van der Waals surface area contributed by atoms with Crippen LogP contribution in [-0.4, -0.2) is 19.0 Å². The number of carbonyl (C=O) groups is 1. The molecule has 0 saturated carbocycles. The van der Waals surface area contributed by atoms with Crippen molar-refractivity contribution in [3.63, 3.8) is 0 Å². The summed E-state index contributed by atoms with van der Waals surface area (Å²) < 4.78 is 5.28. The van der Waals surface area contributed by atoms with E-state index in [4.69, 9.17) is 4.74 Å². The molecule has 0 bridgehead atoms. The van der Waals surface area contributed by atoms with Crippen molar-refractivity contribution in [3.05, 3.63) is 0 Å². The van der Waals surface area contributed by atoms with Crippen LogP contribution in [-0.2, 0) is 9.53 Å². The average molecular weight is 200 g/mol. The largest absolute Gasteiger partial charge is 0.381 e. The Kier molecular flexibility index (Phi) is 8.95. The predicted molar refractivity (Wildman–Crippen MR) is 59.4 cm³/mol. The summed E-state index contributed by atoms with van der Waals surface area (Å²) in [5.41, 5.74) is 0. The van der Waals surface area contributed by atoms with Crippen LogP contribution >= 0.6 is 0 Å². The van der Waals surface area contributed by atoms with E-state index in [-0.39, 0.29) is 0 Å². The first-order chi connectivity index (χ1) is 6.74. The first-order valence-electron chi connectivity index (χ1n) is 5.83. The predicted octanol–water partition coefficient (Wildman–Crippen LogP) is 3.20. The SMILES string of the molecule is CCCOCCC(=O)CC(CC)CC. The molecule has 84 valence electrons. The summed E-state index contributed by atoms with van der Waals surface area (Å²) in [6.07, 6.45) is 4.58. The first kappa shape index (κ1) is 13.6. The highest BCUT2D eigenvalue weighted by atomic mass is 16.5. The van der Waals surface area contributed by atoms with Crippen molar-refractivity contribution in [2.75, 3.05) is 13.2 Å².